The summed E-state index contributed by atoms with van der Waals surface area (Å²) in [5.74, 6) is 0.210. The van der Waals surface area contributed by atoms with Crippen molar-refractivity contribution in [2.45, 2.75) is 57.5 Å². The minimum absolute atomic E-state index is 0.115. The van der Waals surface area contributed by atoms with Crippen molar-refractivity contribution < 1.29 is 22.7 Å². The molecule has 156 valence electrons. The van der Waals surface area contributed by atoms with Gasteiger partial charge in [0, 0.05) is 5.56 Å². The summed E-state index contributed by atoms with van der Waals surface area (Å²) in [5, 5.41) is 2.85. The van der Waals surface area contributed by atoms with Crippen molar-refractivity contribution in [1.82, 2.24) is 0 Å². The fourth-order valence-corrected chi connectivity index (χ4v) is 3.60. The van der Waals surface area contributed by atoms with E-state index in [1.54, 1.807) is 7.11 Å². The first-order chi connectivity index (χ1) is 13.6. The average Bonchev–Trinajstić information content (AvgIpc) is 2.91. The summed E-state index contributed by atoms with van der Waals surface area (Å²) in [5.41, 5.74) is 1.46. The number of fused-ring (bicyclic) bond motifs is 1. The highest BCUT2D eigenvalue weighted by Gasteiger charge is 2.48. The van der Waals surface area contributed by atoms with Crippen molar-refractivity contribution in [2.75, 3.05) is 12.4 Å². The van der Waals surface area contributed by atoms with Gasteiger partial charge in [-0.3, -0.25) is 4.79 Å². The van der Waals surface area contributed by atoms with Crippen LogP contribution in [-0.2, 0) is 18.3 Å². The topological polar surface area (TPSA) is 38.3 Å². The molecule has 0 bridgehead atoms. The van der Waals surface area contributed by atoms with Crippen molar-refractivity contribution in [3.63, 3.8) is 0 Å². The molecule has 0 atom stereocenters. The molecule has 3 nitrogen and oxygen atoms in total. The normalized spacial score (nSPS) is 14.7. The van der Waals surface area contributed by atoms with Gasteiger partial charge in [-0.1, -0.05) is 18.6 Å². The maximum atomic E-state index is 13.2. The van der Waals surface area contributed by atoms with E-state index in [1.165, 1.54) is 41.8 Å². The van der Waals surface area contributed by atoms with E-state index in [0.717, 1.165) is 39.5 Å². The van der Waals surface area contributed by atoms with E-state index in [4.69, 9.17) is 4.74 Å². The van der Waals surface area contributed by atoms with Gasteiger partial charge in [-0.15, -0.1) is 0 Å². The predicted octanol–water partition coefficient (Wildman–Crippen LogP) is 6.06. The molecule has 0 spiro atoms. The number of carbonyl (C=O) groups excluding carboxylic acids is 1. The summed E-state index contributed by atoms with van der Waals surface area (Å²) in [6.45, 7) is 2.26. The fourth-order valence-electron chi connectivity index (χ4n) is 3.60. The van der Waals surface area contributed by atoms with Gasteiger partial charge in [0.2, 0.25) is 0 Å². The maximum Gasteiger partial charge on any atom is 0.397 e. The molecule has 0 aromatic heterocycles. The highest BCUT2D eigenvalue weighted by Crippen LogP contribution is 2.40. The highest BCUT2D eigenvalue weighted by molar-refractivity contribution is 6.05. The standard InChI is InChI=1S/C23H26F3NO2/c1-22(2,23(24,25)26)18-11-9-15(10-12-18)21(28)27-19-13-16-7-5-4-6-8-17(16)14-20(19)29-3/h9-14H,4-8H2,1-3H3,(H,27,28). The van der Waals surface area contributed by atoms with Crippen molar-refractivity contribution in [3.05, 3.63) is 58.7 Å². The number of alkyl halides is 3. The van der Waals surface area contributed by atoms with Gasteiger partial charge in [0.05, 0.1) is 18.2 Å². The van der Waals surface area contributed by atoms with Gasteiger partial charge < -0.3 is 10.1 Å². The molecule has 29 heavy (non-hydrogen) atoms. The molecule has 1 amide bonds. The van der Waals surface area contributed by atoms with Crippen molar-refractivity contribution >= 4 is 11.6 Å². The summed E-state index contributed by atoms with van der Waals surface area (Å²) < 4.78 is 45.1. The Kier molecular flexibility index (Phi) is 5.92. The second-order valence-electron chi connectivity index (χ2n) is 8.04. The van der Waals surface area contributed by atoms with Crippen molar-refractivity contribution in [2.24, 2.45) is 0 Å². The Bertz CT molecular complexity index is 886. The Morgan fingerprint density at radius 2 is 1.55 bits per heavy atom. The minimum atomic E-state index is -4.37. The second-order valence-corrected chi connectivity index (χ2v) is 8.04. The molecule has 0 unspecified atom stereocenters. The molecule has 0 saturated carbocycles. The Morgan fingerprint density at radius 1 is 0.966 bits per heavy atom. The van der Waals surface area contributed by atoms with Gasteiger partial charge in [-0.05, 0) is 80.5 Å². The van der Waals surface area contributed by atoms with E-state index in [-0.39, 0.29) is 11.5 Å². The van der Waals surface area contributed by atoms with E-state index in [9.17, 15) is 18.0 Å². The van der Waals surface area contributed by atoms with Crippen LogP contribution in [0.4, 0.5) is 18.9 Å². The Morgan fingerprint density at radius 3 is 2.10 bits per heavy atom. The third-order valence-corrected chi connectivity index (χ3v) is 5.74. The molecule has 2 aromatic rings. The van der Waals surface area contributed by atoms with Gasteiger partial charge in [0.1, 0.15) is 5.75 Å². The number of hydrogen-bond acceptors (Lipinski definition) is 2. The monoisotopic (exact) mass is 405 g/mol. The van der Waals surface area contributed by atoms with Crippen LogP contribution in [0.15, 0.2) is 36.4 Å². The third-order valence-electron chi connectivity index (χ3n) is 5.74. The number of amides is 1. The summed E-state index contributed by atoms with van der Waals surface area (Å²) in [6.07, 6.45) is 1.02. The molecular weight excluding hydrogens is 379 g/mol. The molecule has 0 fully saturated rings. The molecule has 6 heteroatoms. The molecular formula is C23H26F3NO2. The van der Waals surface area contributed by atoms with Gasteiger partial charge in [0.25, 0.3) is 5.91 Å². The van der Waals surface area contributed by atoms with Gasteiger partial charge in [0.15, 0.2) is 0 Å². The third kappa shape index (κ3) is 4.41. The van der Waals surface area contributed by atoms with Crippen LogP contribution in [0.3, 0.4) is 0 Å². The molecule has 1 N–H and O–H groups in total. The lowest BCUT2D eigenvalue weighted by Crippen LogP contribution is -2.36. The Balaban J connectivity index is 1.83. The van der Waals surface area contributed by atoms with Gasteiger partial charge >= 0.3 is 6.18 Å². The van der Waals surface area contributed by atoms with Crippen molar-refractivity contribution in [1.29, 1.82) is 0 Å². The molecule has 0 saturated heterocycles. The molecule has 1 aliphatic carbocycles. The number of hydrogen-bond donors (Lipinski definition) is 1. The fraction of sp³-hybridized carbons (Fsp3) is 0.435. The summed E-state index contributed by atoms with van der Waals surface area (Å²) in [6, 6.07) is 9.50. The first-order valence-corrected chi connectivity index (χ1v) is 9.82. The number of benzene rings is 2. The predicted molar refractivity (Wildman–Crippen MR) is 108 cm³/mol. The average molecular weight is 405 g/mol. The second kappa shape index (κ2) is 8.09. The molecule has 3 rings (SSSR count). The zero-order chi connectivity index (χ0) is 21.2. The number of aryl methyl sites for hydroxylation is 2. The summed E-state index contributed by atoms with van der Waals surface area (Å²) in [4.78, 5) is 12.7. The molecule has 2 aromatic carbocycles. The van der Waals surface area contributed by atoms with Crippen LogP contribution in [0.25, 0.3) is 0 Å². The van der Waals surface area contributed by atoms with Crippen LogP contribution in [-0.4, -0.2) is 19.2 Å². The molecule has 0 heterocycles. The summed E-state index contributed by atoms with van der Waals surface area (Å²) >= 11 is 0. The maximum absolute atomic E-state index is 13.2. The van der Waals surface area contributed by atoms with E-state index in [1.807, 2.05) is 12.1 Å². The SMILES string of the molecule is COc1cc2c(cc1NC(=O)c1ccc(C(C)(C)C(F)(F)F)cc1)CCCCC2. The lowest BCUT2D eigenvalue weighted by molar-refractivity contribution is -0.180. The van der Waals surface area contributed by atoms with Crippen LogP contribution < -0.4 is 10.1 Å². The number of nitrogens with one attached hydrogen (secondary N) is 1. The number of rotatable bonds is 4. The first-order valence-electron chi connectivity index (χ1n) is 9.82. The van der Waals surface area contributed by atoms with Crippen LogP contribution in [0.5, 0.6) is 5.75 Å². The number of methoxy groups -OCH3 is 1. The molecule has 0 aliphatic heterocycles. The lowest BCUT2D eigenvalue weighted by Gasteiger charge is -2.28. The summed E-state index contributed by atoms with van der Waals surface area (Å²) in [7, 11) is 1.56. The van der Waals surface area contributed by atoms with E-state index in [2.05, 4.69) is 5.32 Å². The largest absolute Gasteiger partial charge is 0.495 e. The molecule has 0 radical (unpaired) electrons. The first kappa shape index (κ1) is 21.2. The smallest absolute Gasteiger partial charge is 0.397 e. The van der Waals surface area contributed by atoms with Crippen LogP contribution in [0, 0.1) is 0 Å². The lowest BCUT2D eigenvalue weighted by atomic mass is 9.83. The number of carbonyl (C=O) groups is 1. The zero-order valence-electron chi connectivity index (χ0n) is 17.0. The zero-order valence-corrected chi connectivity index (χ0v) is 17.0. The van der Waals surface area contributed by atoms with Crippen LogP contribution in [0.2, 0.25) is 0 Å². The quantitative estimate of drug-likeness (QED) is 0.628. The van der Waals surface area contributed by atoms with Crippen LogP contribution in [0.1, 0.15) is 60.2 Å². The van der Waals surface area contributed by atoms with Gasteiger partial charge in [-0.25, -0.2) is 0 Å². The number of halogens is 3. The molecule has 1 aliphatic rings. The van der Waals surface area contributed by atoms with Gasteiger partial charge in [-0.2, -0.15) is 13.2 Å². The van der Waals surface area contributed by atoms with E-state index >= 15 is 0 Å². The van der Waals surface area contributed by atoms with Crippen molar-refractivity contribution in [3.8, 4) is 5.75 Å². The number of anilines is 1. The van der Waals surface area contributed by atoms with E-state index < -0.39 is 11.6 Å². The van der Waals surface area contributed by atoms with E-state index in [0.29, 0.717) is 17.0 Å². The highest BCUT2D eigenvalue weighted by atomic mass is 19.4. The van der Waals surface area contributed by atoms with Crippen LogP contribution >= 0.6 is 0 Å². The Labute approximate surface area is 169 Å². The minimum Gasteiger partial charge on any atom is -0.495 e. The number of ether oxygens (including phenoxy) is 1. The Hall–Kier alpha value is -2.50.